The number of sulfonamides is 1. The molecule has 14 heavy (non-hydrogen) atoms. The van der Waals surface area contributed by atoms with E-state index in [0.29, 0.717) is 19.0 Å². The molecule has 5 heteroatoms. The molecule has 0 amide bonds. The van der Waals surface area contributed by atoms with E-state index in [4.69, 9.17) is 0 Å². The second kappa shape index (κ2) is 5.09. The van der Waals surface area contributed by atoms with Crippen molar-refractivity contribution in [3.8, 4) is 0 Å². The molecule has 1 aliphatic heterocycles. The largest absolute Gasteiger partial charge is 0.320 e. The molecule has 84 valence electrons. The Morgan fingerprint density at radius 3 is 2.36 bits per heavy atom. The Bertz CT molecular complexity index is 256. The first-order valence-electron chi connectivity index (χ1n) is 5.13. The van der Waals surface area contributed by atoms with E-state index in [1.54, 1.807) is 4.31 Å². The zero-order chi connectivity index (χ0) is 10.6. The van der Waals surface area contributed by atoms with Crippen molar-refractivity contribution in [1.29, 1.82) is 0 Å². The Hall–Kier alpha value is -0.130. The zero-order valence-electron chi connectivity index (χ0n) is 8.99. The van der Waals surface area contributed by atoms with Crippen LogP contribution in [-0.4, -0.2) is 45.7 Å². The number of rotatable bonds is 4. The summed E-state index contributed by atoms with van der Waals surface area (Å²) in [5, 5.41) is 3.12. The van der Waals surface area contributed by atoms with Gasteiger partial charge in [0, 0.05) is 13.1 Å². The first-order valence-corrected chi connectivity index (χ1v) is 6.98. The van der Waals surface area contributed by atoms with E-state index >= 15 is 0 Å². The summed E-state index contributed by atoms with van der Waals surface area (Å²) in [6.45, 7) is 2.43. The molecule has 1 heterocycles. The number of nitrogens with zero attached hydrogens (tertiary/aromatic N) is 1. The van der Waals surface area contributed by atoms with Crippen LogP contribution in [0, 0.1) is 5.92 Å². The topological polar surface area (TPSA) is 49.4 Å². The van der Waals surface area contributed by atoms with E-state index < -0.39 is 10.0 Å². The van der Waals surface area contributed by atoms with Gasteiger partial charge in [0.15, 0.2) is 0 Å². The van der Waals surface area contributed by atoms with Crippen molar-refractivity contribution in [2.45, 2.75) is 19.3 Å². The maximum absolute atomic E-state index is 11.2. The van der Waals surface area contributed by atoms with E-state index in [1.165, 1.54) is 6.26 Å². The molecule has 0 aromatic heterocycles. The van der Waals surface area contributed by atoms with Crippen LogP contribution in [0.5, 0.6) is 0 Å². The summed E-state index contributed by atoms with van der Waals surface area (Å²) < 4.78 is 24.0. The van der Waals surface area contributed by atoms with Gasteiger partial charge in [-0.2, -0.15) is 0 Å². The van der Waals surface area contributed by atoms with Crippen molar-refractivity contribution in [3.05, 3.63) is 0 Å². The molecule has 1 fully saturated rings. The standard InChI is InChI=1S/C9H20N2O2S/c1-10-6-3-9-4-7-11(8-5-9)14(2,12)13/h9-10H,3-8H2,1-2H3. The highest BCUT2D eigenvalue weighted by molar-refractivity contribution is 7.88. The number of hydrogen-bond donors (Lipinski definition) is 1. The molecule has 0 aromatic rings. The fourth-order valence-electron chi connectivity index (χ4n) is 1.88. The molecule has 1 rings (SSSR count). The third-order valence-electron chi connectivity index (χ3n) is 2.85. The summed E-state index contributed by atoms with van der Waals surface area (Å²) in [5.74, 6) is 0.695. The van der Waals surface area contributed by atoms with Crippen LogP contribution in [0.4, 0.5) is 0 Å². The fourth-order valence-corrected chi connectivity index (χ4v) is 2.75. The molecule has 1 saturated heterocycles. The van der Waals surface area contributed by atoms with Crippen LogP contribution in [0.2, 0.25) is 0 Å². The van der Waals surface area contributed by atoms with Crippen LogP contribution in [0.1, 0.15) is 19.3 Å². The van der Waals surface area contributed by atoms with Crippen LogP contribution in [-0.2, 0) is 10.0 Å². The van der Waals surface area contributed by atoms with Crippen LogP contribution in [0.3, 0.4) is 0 Å². The second-order valence-electron chi connectivity index (χ2n) is 4.00. The lowest BCUT2D eigenvalue weighted by molar-refractivity contribution is 0.264. The van der Waals surface area contributed by atoms with E-state index in [9.17, 15) is 8.42 Å². The Balaban J connectivity index is 2.31. The molecule has 0 spiro atoms. The van der Waals surface area contributed by atoms with E-state index in [1.807, 2.05) is 7.05 Å². The molecular weight excluding hydrogens is 200 g/mol. The average molecular weight is 220 g/mol. The molecule has 4 nitrogen and oxygen atoms in total. The maximum atomic E-state index is 11.2. The van der Waals surface area contributed by atoms with Gasteiger partial charge < -0.3 is 5.32 Å². The molecule has 0 atom stereocenters. The van der Waals surface area contributed by atoms with Gasteiger partial charge in [0.05, 0.1) is 6.26 Å². The Morgan fingerprint density at radius 1 is 1.36 bits per heavy atom. The highest BCUT2D eigenvalue weighted by atomic mass is 32.2. The summed E-state index contributed by atoms with van der Waals surface area (Å²) >= 11 is 0. The normalized spacial score (nSPS) is 21.3. The minimum atomic E-state index is -2.95. The summed E-state index contributed by atoms with van der Waals surface area (Å²) in [6.07, 6.45) is 4.47. The van der Waals surface area contributed by atoms with Crippen LogP contribution < -0.4 is 5.32 Å². The average Bonchev–Trinajstić information content (AvgIpc) is 2.14. The quantitative estimate of drug-likeness (QED) is 0.740. The van der Waals surface area contributed by atoms with Gasteiger partial charge in [0.2, 0.25) is 10.0 Å². The summed E-state index contributed by atoms with van der Waals surface area (Å²) in [6, 6.07) is 0. The Kier molecular flexibility index (Phi) is 4.34. The van der Waals surface area contributed by atoms with Crippen molar-refractivity contribution in [2.24, 2.45) is 5.92 Å². The van der Waals surface area contributed by atoms with E-state index in [2.05, 4.69) is 5.32 Å². The molecule has 1 aliphatic rings. The lowest BCUT2D eigenvalue weighted by Crippen LogP contribution is -2.38. The maximum Gasteiger partial charge on any atom is 0.211 e. The summed E-state index contributed by atoms with van der Waals surface area (Å²) in [7, 11) is -1.00. The third kappa shape index (κ3) is 3.55. The SMILES string of the molecule is CNCCC1CCN(S(C)(=O)=O)CC1. The number of piperidine rings is 1. The second-order valence-corrected chi connectivity index (χ2v) is 5.98. The van der Waals surface area contributed by atoms with Crippen LogP contribution in [0.15, 0.2) is 0 Å². The number of hydrogen-bond acceptors (Lipinski definition) is 3. The van der Waals surface area contributed by atoms with Gasteiger partial charge in [-0.25, -0.2) is 12.7 Å². The molecular formula is C9H20N2O2S. The highest BCUT2D eigenvalue weighted by Gasteiger charge is 2.24. The highest BCUT2D eigenvalue weighted by Crippen LogP contribution is 2.21. The minimum absolute atomic E-state index is 0.695. The molecule has 0 unspecified atom stereocenters. The monoisotopic (exact) mass is 220 g/mol. The predicted molar refractivity (Wildman–Crippen MR) is 57.7 cm³/mol. The van der Waals surface area contributed by atoms with Gasteiger partial charge in [0.1, 0.15) is 0 Å². The molecule has 0 bridgehead atoms. The molecule has 0 aromatic carbocycles. The van der Waals surface area contributed by atoms with Gasteiger partial charge in [-0.15, -0.1) is 0 Å². The van der Waals surface area contributed by atoms with Crippen LogP contribution in [0.25, 0.3) is 0 Å². The van der Waals surface area contributed by atoms with Gasteiger partial charge in [0.25, 0.3) is 0 Å². The first-order chi connectivity index (χ1) is 6.54. The molecule has 0 radical (unpaired) electrons. The van der Waals surface area contributed by atoms with Crippen molar-refractivity contribution in [2.75, 3.05) is 32.9 Å². The fraction of sp³-hybridized carbons (Fsp3) is 1.00. The third-order valence-corrected chi connectivity index (χ3v) is 4.15. The van der Waals surface area contributed by atoms with Crippen LogP contribution >= 0.6 is 0 Å². The van der Waals surface area contributed by atoms with Gasteiger partial charge in [-0.3, -0.25) is 0 Å². The summed E-state index contributed by atoms with van der Waals surface area (Å²) in [5.41, 5.74) is 0. The smallest absolute Gasteiger partial charge is 0.211 e. The minimum Gasteiger partial charge on any atom is -0.320 e. The van der Waals surface area contributed by atoms with Crippen molar-refractivity contribution < 1.29 is 8.42 Å². The van der Waals surface area contributed by atoms with E-state index in [-0.39, 0.29) is 0 Å². The van der Waals surface area contributed by atoms with Crippen molar-refractivity contribution >= 4 is 10.0 Å². The van der Waals surface area contributed by atoms with Gasteiger partial charge >= 0.3 is 0 Å². The van der Waals surface area contributed by atoms with Crippen molar-refractivity contribution in [3.63, 3.8) is 0 Å². The Labute approximate surface area is 86.7 Å². The van der Waals surface area contributed by atoms with Gasteiger partial charge in [-0.05, 0) is 38.8 Å². The summed E-state index contributed by atoms with van der Waals surface area (Å²) in [4.78, 5) is 0. The molecule has 0 aliphatic carbocycles. The van der Waals surface area contributed by atoms with Crippen molar-refractivity contribution in [1.82, 2.24) is 9.62 Å². The number of nitrogens with one attached hydrogen (secondary N) is 1. The van der Waals surface area contributed by atoms with E-state index in [0.717, 1.165) is 25.8 Å². The lowest BCUT2D eigenvalue weighted by Gasteiger charge is -2.30. The zero-order valence-corrected chi connectivity index (χ0v) is 9.81. The Morgan fingerprint density at radius 2 is 1.93 bits per heavy atom. The van der Waals surface area contributed by atoms with Gasteiger partial charge in [-0.1, -0.05) is 0 Å². The lowest BCUT2D eigenvalue weighted by atomic mass is 9.95. The first kappa shape index (κ1) is 11.9. The predicted octanol–water partition coefficient (Wildman–Crippen LogP) is 0.267. The molecule has 0 saturated carbocycles. The molecule has 1 N–H and O–H groups in total.